The number of carbonyl (C=O) groups is 1. The van der Waals surface area contributed by atoms with Crippen LogP contribution in [0.5, 0.6) is 0 Å². The fourth-order valence-electron chi connectivity index (χ4n) is 2.23. The Bertz CT molecular complexity index is 433. The smallest absolute Gasteiger partial charge is 0.322 e. The van der Waals surface area contributed by atoms with Gasteiger partial charge in [-0.25, -0.2) is 4.39 Å². The van der Waals surface area contributed by atoms with E-state index in [9.17, 15) is 9.18 Å². The number of carbonyl (C=O) groups excluding carboxylic acids is 1. The van der Waals surface area contributed by atoms with Crippen LogP contribution in [0.25, 0.3) is 0 Å². The summed E-state index contributed by atoms with van der Waals surface area (Å²) in [5.41, 5.74) is 1.74. The van der Waals surface area contributed by atoms with Crippen LogP contribution in [0.3, 0.4) is 0 Å². The van der Waals surface area contributed by atoms with Gasteiger partial charge in [-0.1, -0.05) is 12.1 Å². The molecule has 3 nitrogen and oxygen atoms in total. The van der Waals surface area contributed by atoms with Crippen LogP contribution >= 0.6 is 0 Å². The minimum absolute atomic E-state index is 0.145. The molecule has 0 N–H and O–H groups in total. The van der Waals surface area contributed by atoms with Gasteiger partial charge < -0.3 is 4.74 Å². The van der Waals surface area contributed by atoms with Crippen LogP contribution in [0.4, 0.5) is 4.39 Å². The summed E-state index contributed by atoms with van der Waals surface area (Å²) in [4.78, 5) is 13.5. The summed E-state index contributed by atoms with van der Waals surface area (Å²) in [7, 11) is 1.39. The van der Waals surface area contributed by atoms with Crippen LogP contribution in [0.2, 0.25) is 0 Å². The molecule has 0 fully saturated rings. The SMILES string of the molecule is COC(=O)C(C)N1CCc2c(F)cccc2C1. The number of hydrogen-bond donors (Lipinski definition) is 0. The second-order valence-corrected chi connectivity index (χ2v) is 4.30. The molecule has 0 spiro atoms. The maximum Gasteiger partial charge on any atom is 0.322 e. The highest BCUT2D eigenvalue weighted by Crippen LogP contribution is 2.23. The van der Waals surface area contributed by atoms with E-state index in [4.69, 9.17) is 4.74 Å². The molecule has 17 heavy (non-hydrogen) atoms. The second kappa shape index (κ2) is 4.84. The fourth-order valence-corrected chi connectivity index (χ4v) is 2.23. The van der Waals surface area contributed by atoms with Crippen molar-refractivity contribution in [2.24, 2.45) is 0 Å². The quantitative estimate of drug-likeness (QED) is 0.734. The maximum atomic E-state index is 13.5. The molecule has 0 aromatic heterocycles. The van der Waals surface area contributed by atoms with Gasteiger partial charge >= 0.3 is 5.97 Å². The van der Waals surface area contributed by atoms with E-state index in [1.165, 1.54) is 13.2 Å². The average Bonchev–Trinajstić information content (AvgIpc) is 2.37. The Balaban J connectivity index is 2.16. The van der Waals surface area contributed by atoms with Gasteiger partial charge in [0.1, 0.15) is 11.9 Å². The molecule has 0 aliphatic carbocycles. The molecule has 1 aromatic rings. The molecule has 0 saturated heterocycles. The lowest BCUT2D eigenvalue weighted by Crippen LogP contribution is -2.42. The van der Waals surface area contributed by atoms with E-state index in [1.54, 1.807) is 6.07 Å². The molecule has 2 rings (SSSR count). The summed E-state index contributed by atoms with van der Waals surface area (Å²) < 4.78 is 18.2. The van der Waals surface area contributed by atoms with Crippen LogP contribution in [-0.4, -0.2) is 30.6 Å². The molecular weight excluding hydrogens is 221 g/mol. The van der Waals surface area contributed by atoms with Crippen molar-refractivity contribution in [3.05, 3.63) is 35.1 Å². The van der Waals surface area contributed by atoms with E-state index in [0.717, 1.165) is 11.1 Å². The monoisotopic (exact) mass is 237 g/mol. The van der Waals surface area contributed by atoms with Crippen molar-refractivity contribution in [2.75, 3.05) is 13.7 Å². The molecule has 1 atom stereocenters. The lowest BCUT2D eigenvalue weighted by atomic mass is 9.98. The molecule has 4 heteroatoms. The lowest BCUT2D eigenvalue weighted by Gasteiger charge is -2.32. The molecule has 0 amide bonds. The van der Waals surface area contributed by atoms with Gasteiger partial charge in [-0.2, -0.15) is 0 Å². The largest absolute Gasteiger partial charge is 0.468 e. The first kappa shape index (κ1) is 12.0. The zero-order valence-corrected chi connectivity index (χ0v) is 10.1. The van der Waals surface area contributed by atoms with Gasteiger partial charge in [-0.15, -0.1) is 0 Å². The van der Waals surface area contributed by atoms with Crippen LogP contribution in [0, 0.1) is 5.82 Å². The first-order chi connectivity index (χ1) is 8.13. The number of nitrogens with zero attached hydrogens (tertiary/aromatic N) is 1. The zero-order valence-electron chi connectivity index (χ0n) is 10.1. The molecule has 0 saturated carbocycles. The summed E-state index contributed by atoms with van der Waals surface area (Å²) >= 11 is 0. The Morgan fingerprint density at radius 1 is 1.53 bits per heavy atom. The van der Waals surface area contributed by atoms with Gasteiger partial charge in [-0.05, 0) is 30.5 Å². The fraction of sp³-hybridized carbons (Fsp3) is 0.462. The van der Waals surface area contributed by atoms with E-state index in [0.29, 0.717) is 19.5 Å². The highest BCUT2D eigenvalue weighted by Gasteiger charge is 2.26. The number of halogens is 1. The highest BCUT2D eigenvalue weighted by atomic mass is 19.1. The highest BCUT2D eigenvalue weighted by molar-refractivity contribution is 5.75. The molecule has 1 aliphatic rings. The predicted molar refractivity (Wildman–Crippen MR) is 62.0 cm³/mol. The maximum absolute atomic E-state index is 13.5. The Kier molecular flexibility index (Phi) is 3.43. The standard InChI is InChI=1S/C13H16FNO2/c1-9(13(16)17-2)15-7-6-11-10(8-15)4-3-5-12(11)14/h3-5,9H,6-8H2,1-2H3. The van der Waals surface area contributed by atoms with Crippen molar-refractivity contribution in [1.82, 2.24) is 4.90 Å². The van der Waals surface area contributed by atoms with Gasteiger partial charge in [-0.3, -0.25) is 9.69 Å². The molecule has 0 radical (unpaired) electrons. The normalized spacial score (nSPS) is 17.4. The Labute approximate surface area is 100 Å². The van der Waals surface area contributed by atoms with Crippen LogP contribution in [0.1, 0.15) is 18.1 Å². The third-order valence-electron chi connectivity index (χ3n) is 3.33. The van der Waals surface area contributed by atoms with E-state index in [2.05, 4.69) is 0 Å². The van der Waals surface area contributed by atoms with Crippen LogP contribution in [-0.2, 0) is 22.5 Å². The number of esters is 1. The van der Waals surface area contributed by atoms with Gasteiger partial charge in [0.05, 0.1) is 7.11 Å². The Morgan fingerprint density at radius 2 is 2.29 bits per heavy atom. The number of benzene rings is 1. The van der Waals surface area contributed by atoms with E-state index >= 15 is 0 Å². The zero-order chi connectivity index (χ0) is 12.4. The average molecular weight is 237 g/mol. The van der Waals surface area contributed by atoms with Gasteiger partial charge in [0.2, 0.25) is 0 Å². The minimum atomic E-state index is -0.281. The van der Waals surface area contributed by atoms with Crippen molar-refractivity contribution >= 4 is 5.97 Å². The van der Waals surface area contributed by atoms with Crippen molar-refractivity contribution in [3.63, 3.8) is 0 Å². The van der Waals surface area contributed by atoms with Crippen molar-refractivity contribution in [2.45, 2.75) is 25.9 Å². The number of hydrogen-bond acceptors (Lipinski definition) is 3. The molecule has 1 aromatic carbocycles. The van der Waals surface area contributed by atoms with Gasteiger partial charge in [0, 0.05) is 13.1 Å². The Morgan fingerprint density at radius 3 is 3.00 bits per heavy atom. The molecule has 1 aliphatic heterocycles. The molecule has 1 unspecified atom stereocenters. The first-order valence-corrected chi connectivity index (χ1v) is 5.71. The summed E-state index contributed by atoms with van der Waals surface area (Å²) in [6, 6.07) is 4.82. The number of rotatable bonds is 2. The topological polar surface area (TPSA) is 29.5 Å². The molecule has 1 heterocycles. The number of fused-ring (bicyclic) bond motifs is 1. The Hall–Kier alpha value is -1.42. The predicted octanol–water partition coefficient (Wildman–Crippen LogP) is 1.75. The van der Waals surface area contributed by atoms with Crippen molar-refractivity contribution < 1.29 is 13.9 Å². The second-order valence-electron chi connectivity index (χ2n) is 4.30. The van der Waals surface area contributed by atoms with Crippen LogP contribution in [0.15, 0.2) is 18.2 Å². The van der Waals surface area contributed by atoms with E-state index in [1.807, 2.05) is 17.9 Å². The van der Waals surface area contributed by atoms with Gasteiger partial charge in [0.25, 0.3) is 0 Å². The summed E-state index contributed by atoms with van der Waals surface area (Å²) in [5.74, 6) is -0.391. The van der Waals surface area contributed by atoms with E-state index < -0.39 is 0 Å². The lowest BCUT2D eigenvalue weighted by molar-refractivity contribution is -0.146. The van der Waals surface area contributed by atoms with Crippen molar-refractivity contribution in [1.29, 1.82) is 0 Å². The summed E-state index contributed by atoms with van der Waals surface area (Å²) in [6.07, 6.45) is 0.642. The van der Waals surface area contributed by atoms with Crippen LogP contribution < -0.4 is 0 Å². The third-order valence-corrected chi connectivity index (χ3v) is 3.33. The molecule has 92 valence electrons. The third kappa shape index (κ3) is 2.31. The number of methoxy groups -OCH3 is 1. The summed E-state index contributed by atoms with van der Waals surface area (Å²) in [5, 5.41) is 0. The van der Waals surface area contributed by atoms with Gasteiger partial charge in [0.15, 0.2) is 0 Å². The first-order valence-electron chi connectivity index (χ1n) is 5.71. The molecular formula is C13H16FNO2. The number of ether oxygens (including phenoxy) is 1. The molecule has 0 bridgehead atoms. The summed E-state index contributed by atoms with van der Waals surface area (Å²) in [6.45, 7) is 3.10. The van der Waals surface area contributed by atoms with E-state index in [-0.39, 0.29) is 17.8 Å². The minimum Gasteiger partial charge on any atom is -0.468 e. The van der Waals surface area contributed by atoms with Crippen molar-refractivity contribution in [3.8, 4) is 0 Å².